The minimum Gasteiger partial charge on any atom is -0.341 e. The van der Waals surface area contributed by atoms with Gasteiger partial charge in [-0.2, -0.15) is 0 Å². The number of carbonyl (C=O) groups is 1. The van der Waals surface area contributed by atoms with E-state index < -0.39 is 0 Å². The standard InChI is InChI=1S/C18H21ClN2O/c1-21(14-16-5-3-2-4-6-16)18(22)11-12-20-13-15-7-9-17(19)10-8-15/h2-10,20H,11-14H2,1H3. The zero-order chi connectivity index (χ0) is 15.8. The van der Waals surface area contributed by atoms with E-state index in [1.807, 2.05) is 61.6 Å². The van der Waals surface area contributed by atoms with Crippen molar-refractivity contribution >= 4 is 17.5 Å². The molecule has 22 heavy (non-hydrogen) atoms. The molecule has 116 valence electrons. The molecule has 0 saturated heterocycles. The van der Waals surface area contributed by atoms with Gasteiger partial charge in [-0.25, -0.2) is 0 Å². The lowest BCUT2D eigenvalue weighted by Crippen LogP contribution is -2.29. The average Bonchev–Trinajstić information content (AvgIpc) is 2.54. The summed E-state index contributed by atoms with van der Waals surface area (Å²) in [5, 5.41) is 4.02. The minimum absolute atomic E-state index is 0.146. The van der Waals surface area contributed by atoms with E-state index in [1.54, 1.807) is 4.90 Å². The van der Waals surface area contributed by atoms with Gasteiger partial charge in [0.05, 0.1) is 0 Å². The Labute approximate surface area is 136 Å². The molecule has 0 bridgehead atoms. The van der Waals surface area contributed by atoms with Crippen LogP contribution in [-0.4, -0.2) is 24.4 Å². The summed E-state index contributed by atoms with van der Waals surface area (Å²) < 4.78 is 0. The number of benzene rings is 2. The second-order valence-corrected chi connectivity index (χ2v) is 5.73. The Morgan fingerprint density at radius 3 is 2.41 bits per heavy atom. The molecule has 1 N–H and O–H groups in total. The highest BCUT2D eigenvalue weighted by Crippen LogP contribution is 2.09. The fourth-order valence-corrected chi connectivity index (χ4v) is 2.29. The second kappa shape index (κ2) is 8.57. The minimum atomic E-state index is 0.146. The maximum Gasteiger partial charge on any atom is 0.223 e. The van der Waals surface area contributed by atoms with Crippen LogP contribution in [0.4, 0.5) is 0 Å². The van der Waals surface area contributed by atoms with E-state index in [1.165, 1.54) is 0 Å². The monoisotopic (exact) mass is 316 g/mol. The molecule has 0 atom stereocenters. The van der Waals surface area contributed by atoms with Crippen molar-refractivity contribution in [1.29, 1.82) is 0 Å². The summed E-state index contributed by atoms with van der Waals surface area (Å²) in [7, 11) is 1.84. The van der Waals surface area contributed by atoms with E-state index in [0.717, 1.165) is 22.7 Å². The smallest absolute Gasteiger partial charge is 0.223 e. The summed E-state index contributed by atoms with van der Waals surface area (Å²) >= 11 is 5.85. The fourth-order valence-electron chi connectivity index (χ4n) is 2.17. The predicted molar refractivity (Wildman–Crippen MR) is 90.7 cm³/mol. The van der Waals surface area contributed by atoms with E-state index in [4.69, 9.17) is 11.6 Å². The number of hydrogen-bond acceptors (Lipinski definition) is 2. The van der Waals surface area contributed by atoms with Crippen LogP contribution in [0, 0.1) is 0 Å². The first kappa shape index (κ1) is 16.5. The molecule has 2 aromatic rings. The normalized spacial score (nSPS) is 10.5. The molecular weight excluding hydrogens is 296 g/mol. The van der Waals surface area contributed by atoms with Gasteiger partial charge in [0.1, 0.15) is 0 Å². The summed E-state index contributed by atoms with van der Waals surface area (Å²) in [5.41, 5.74) is 2.31. The molecule has 3 nitrogen and oxygen atoms in total. The quantitative estimate of drug-likeness (QED) is 0.793. The van der Waals surface area contributed by atoms with Gasteiger partial charge in [-0.3, -0.25) is 4.79 Å². The van der Waals surface area contributed by atoms with Crippen molar-refractivity contribution in [2.75, 3.05) is 13.6 Å². The Hall–Kier alpha value is -1.84. The average molecular weight is 317 g/mol. The van der Waals surface area contributed by atoms with Crippen LogP contribution in [0.5, 0.6) is 0 Å². The molecule has 0 aliphatic carbocycles. The predicted octanol–water partition coefficient (Wildman–Crippen LogP) is 3.48. The number of nitrogens with one attached hydrogen (secondary N) is 1. The van der Waals surface area contributed by atoms with Crippen molar-refractivity contribution in [1.82, 2.24) is 10.2 Å². The third kappa shape index (κ3) is 5.51. The van der Waals surface area contributed by atoms with Crippen molar-refractivity contribution in [3.63, 3.8) is 0 Å². The Morgan fingerprint density at radius 2 is 1.73 bits per heavy atom. The summed E-state index contributed by atoms with van der Waals surface area (Å²) in [6.45, 7) is 2.06. The van der Waals surface area contributed by atoms with Crippen molar-refractivity contribution in [3.8, 4) is 0 Å². The Morgan fingerprint density at radius 1 is 1.05 bits per heavy atom. The fraction of sp³-hybridized carbons (Fsp3) is 0.278. The van der Waals surface area contributed by atoms with Gasteiger partial charge >= 0.3 is 0 Å². The van der Waals surface area contributed by atoms with Gasteiger partial charge in [-0.1, -0.05) is 54.1 Å². The van der Waals surface area contributed by atoms with Crippen molar-refractivity contribution in [2.45, 2.75) is 19.5 Å². The lowest BCUT2D eigenvalue weighted by atomic mass is 10.2. The molecule has 0 heterocycles. The molecule has 2 rings (SSSR count). The summed E-state index contributed by atoms with van der Waals surface area (Å²) in [5.74, 6) is 0.146. The van der Waals surface area contributed by atoms with Gasteiger partial charge in [0.2, 0.25) is 5.91 Å². The molecule has 0 aromatic heterocycles. The van der Waals surface area contributed by atoms with Crippen LogP contribution in [0.1, 0.15) is 17.5 Å². The van der Waals surface area contributed by atoms with E-state index >= 15 is 0 Å². The summed E-state index contributed by atoms with van der Waals surface area (Å²) in [6.07, 6.45) is 0.497. The Kier molecular flexibility index (Phi) is 6.44. The van der Waals surface area contributed by atoms with Crippen LogP contribution >= 0.6 is 11.6 Å². The highest BCUT2D eigenvalue weighted by molar-refractivity contribution is 6.30. The molecule has 0 fully saturated rings. The molecule has 0 spiro atoms. The first-order chi connectivity index (χ1) is 10.6. The Bertz CT molecular complexity index is 584. The molecule has 1 amide bonds. The zero-order valence-electron chi connectivity index (χ0n) is 12.8. The van der Waals surface area contributed by atoms with Crippen molar-refractivity contribution in [3.05, 3.63) is 70.7 Å². The van der Waals surface area contributed by atoms with E-state index in [0.29, 0.717) is 19.5 Å². The van der Waals surface area contributed by atoms with Crippen LogP contribution in [0.2, 0.25) is 5.02 Å². The van der Waals surface area contributed by atoms with Crippen molar-refractivity contribution < 1.29 is 4.79 Å². The van der Waals surface area contributed by atoms with Gasteiger partial charge in [0.25, 0.3) is 0 Å². The molecule has 2 aromatic carbocycles. The molecule has 0 aliphatic heterocycles. The largest absolute Gasteiger partial charge is 0.341 e. The molecule has 0 saturated carbocycles. The SMILES string of the molecule is CN(Cc1ccccc1)C(=O)CCNCc1ccc(Cl)cc1. The zero-order valence-corrected chi connectivity index (χ0v) is 13.5. The topological polar surface area (TPSA) is 32.3 Å². The summed E-state index contributed by atoms with van der Waals surface area (Å²) in [4.78, 5) is 13.8. The maximum absolute atomic E-state index is 12.1. The molecular formula is C18H21ClN2O. The highest BCUT2D eigenvalue weighted by Gasteiger charge is 2.08. The van der Waals surface area contributed by atoms with Crippen LogP contribution in [-0.2, 0) is 17.9 Å². The number of hydrogen-bond donors (Lipinski definition) is 1. The highest BCUT2D eigenvalue weighted by atomic mass is 35.5. The van der Waals surface area contributed by atoms with Gasteiger partial charge in [-0.15, -0.1) is 0 Å². The van der Waals surface area contributed by atoms with E-state index in [9.17, 15) is 4.79 Å². The van der Waals surface area contributed by atoms with Crippen LogP contribution in [0.3, 0.4) is 0 Å². The molecule has 4 heteroatoms. The lowest BCUT2D eigenvalue weighted by molar-refractivity contribution is -0.130. The number of halogens is 1. The number of amides is 1. The van der Waals surface area contributed by atoms with Crippen LogP contribution in [0.15, 0.2) is 54.6 Å². The third-order valence-electron chi connectivity index (χ3n) is 3.45. The first-order valence-corrected chi connectivity index (χ1v) is 7.76. The number of rotatable bonds is 7. The van der Waals surface area contributed by atoms with Crippen molar-refractivity contribution in [2.24, 2.45) is 0 Å². The summed E-state index contributed by atoms with van der Waals surface area (Å²) in [6, 6.07) is 17.7. The molecule has 0 radical (unpaired) electrons. The molecule has 0 unspecified atom stereocenters. The van der Waals surface area contributed by atoms with Crippen LogP contribution < -0.4 is 5.32 Å². The van der Waals surface area contributed by atoms with E-state index in [-0.39, 0.29) is 5.91 Å². The lowest BCUT2D eigenvalue weighted by Gasteiger charge is -2.17. The molecule has 0 aliphatic rings. The number of carbonyl (C=O) groups excluding carboxylic acids is 1. The van der Waals surface area contributed by atoms with Gasteiger partial charge < -0.3 is 10.2 Å². The third-order valence-corrected chi connectivity index (χ3v) is 3.70. The second-order valence-electron chi connectivity index (χ2n) is 5.29. The van der Waals surface area contributed by atoms with Gasteiger partial charge in [-0.05, 0) is 23.3 Å². The van der Waals surface area contributed by atoms with Gasteiger partial charge in [0, 0.05) is 38.1 Å². The Balaban J connectivity index is 1.67. The first-order valence-electron chi connectivity index (χ1n) is 7.38. The van der Waals surface area contributed by atoms with E-state index in [2.05, 4.69) is 5.32 Å². The number of nitrogens with zero attached hydrogens (tertiary/aromatic N) is 1. The van der Waals surface area contributed by atoms with Gasteiger partial charge in [0.15, 0.2) is 0 Å². The maximum atomic E-state index is 12.1. The van der Waals surface area contributed by atoms with Crippen LogP contribution in [0.25, 0.3) is 0 Å².